The van der Waals surface area contributed by atoms with Gasteiger partial charge in [0, 0.05) is 16.9 Å². The number of nitrogens with one attached hydrogen (secondary N) is 1. The zero-order chi connectivity index (χ0) is 18.2. The minimum atomic E-state index is -0.302. The number of thiazole rings is 1. The van der Waals surface area contributed by atoms with Crippen LogP contribution in [0.15, 0.2) is 34.0 Å². The third-order valence-electron chi connectivity index (χ3n) is 3.22. The van der Waals surface area contributed by atoms with Gasteiger partial charge < -0.3 is 10.1 Å². The van der Waals surface area contributed by atoms with E-state index in [0.29, 0.717) is 23.9 Å². The van der Waals surface area contributed by atoms with Crippen LogP contribution in [0.4, 0.5) is 0 Å². The Morgan fingerprint density at radius 3 is 2.88 bits per heavy atom. The van der Waals surface area contributed by atoms with Crippen LogP contribution in [0.3, 0.4) is 0 Å². The summed E-state index contributed by atoms with van der Waals surface area (Å²) >= 11 is 8.86. The molecular formula is C17H19ClN2O3S2. The Morgan fingerprint density at radius 1 is 1.40 bits per heavy atom. The average Bonchev–Trinajstić information content (AvgIpc) is 3.00. The Bertz CT molecular complexity index is 736. The molecule has 0 spiro atoms. The van der Waals surface area contributed by atoms with Gasteiger partial charge in [-0.05, 0) is 25.5 Å². The molecule has 0 fully saturated rings. The van der Waals surface area contributed by atoms with Gasteiger partial charge in [0.25, 0.3) is 0 Å². The number of carbonyl (C=O) groups is 2. The van der Waals surface area contributed by atoms with E-state index in [4.69, 9.17) is 16.3 Å². The number of esters is 1. The van der Waals surface area contributed by atoms with Crippen LogP contribution in [0, 0.1) is 0 Å². The van der Waals surface area contributed by atoms with E-state index in [-0.39, 0.29) is 23.5 Å². The average molecular weight is 399 g/mol. The SMILES string of the molecule is CCOC(=O)Cc1csc(S[C@H](C)C(=O)NCc2ccccc2Cl)n1. The molecular weight excluding hydrogens is 380 g/mol. The second-order valence-corrected chi connectivity index (χ2v) is 8.01. The van der Waals surface area contributed by atoms with E-state index in [1.807, 2.05) is 30.5 Å². The fourth-order valence-corrected chi connectivity index (χ4v) is 4.16. The lowest BCUT2D eigenvalue weighted by Gasteiger charge is -2.11. The molecule has 5 nitrogen and oxygen atoms in total. The first-order valence-electron chi connectivity index (χ1n) is 7.77. The smallest absolute Gasteiger partial charge is 0.311 e. The predicted octanol–water partition coefficient (Wildman–Crippen LogP) is 3.70. The zero-order valence-electron chi connectivity index (χ0n) is 14.0. The first-order chi connectivity index (χ1) is 12.0. The summed E-state index contributed by atoms with van der Waals surface area (Å²) in [5.74, 6) is -0.387. The number of nitrogens with zero attached hydrogens (tertiary/aromatic N) is 1. The molecule has 8 heteroatoms. The van der Waals surface area contributed by atoms with Gasteiger partial charge in [0.15, 0.2) is 4.34 Å². The molecule has 25 heavy (non-hydrogen) atoms. The van der Waals surface area contributed by atoms with Gasteiger partial charge in [-0.2, -0.15) is 0 Å². The maximum Gasteiger partial charge on any atom is 0.311 e. The van der Waals surface area contributed by atoms with E-state index in [1.54, 1.807) is 13.0 Å². The van der Waals surface area contributed by atoms with Crippen LogP contribution in [0.5, 0.6) is 0 Å². The van der Waals surface area contributed by atoms with Crippen LogP contribution in [0.25, 0.3) is 0 Å². The first-order valence-corrected chi connectivity index (χ1v) is 9.91. The topological polar surface area (TPSA) is 68.3 Å². The summed E-state index contributed by atoms with van der Waals surface area (Å²) < 4.78 is 5.65. The molecule has 0 bridgehead atoms. The highest BCUT2D eigenvalue weighted by Gasteiger charge is 2.17. The highest BCUT2D eigenvalue weighted by atomic mass is 35.5. The van der Waals surface area contributed by atoms with Gasteiger partial charge in [-0.1, -0.05) is 41.6 Å². The molecule has 1 heterocycles. The second-order valence-electron chi connectivity index (χ2n) is 5.16. The Kier molecular flexibility index (Phi) is 7.74. The lowest BCUT2D eigenvalue weighted by Crippen LogP contribution is -2.30. The lowest BCUT2D eigenvalue weighted by molar-refractivity contribution is -0.142. The van der Waals surface area contributed by atoms with Crippen molar-refractivity contribution < 1.29 is 14.3 Å². The number of benzene rings is 1. The fourth-order valence-electron chi connectivity index (χ4n) is 1.96. The molecule has 0 aliphatic carbocycles. The fraction of sp³-hybridized carbons (Fsp3) is 0.353. The van der Waals surface area contributed by atoms with E-state index in [9.17, 15) is 9.59 Å². The first kappa shape index (κ1) is 19.8. The van der Waals surface area contributed by atoms with Crippen molar-refractivity contribution in [3.63, 3.8) is 0 Å². The molecule has 0 saturated carbocycles. The Hall–Kier alpha value is -1.57. The van der Waals surface area contributed by atoms with Crippen molar-refractivity contribution in [1.29, 1.82) is 0 Å². The minimum absolute atomic E-state index is 0.0907. The largest absolute Gasteiger partial charge is 0.466 e. The maximum atomic E-state index is 12.2. The summed E-state index contributed by atoms with van der Waals surface area (Å²) in [7, 11) is 0. The summed E-state index contributed by atoms with van der Waals surface area (Å²) in [6, 6.07) is 7.40. The number of aromatic nitrogens is 1. The van der Waals surface area contributed by atoms with Crippen LogP contribution in [0.2, 0.25) is 5.02 Å². The number of rotatable bonds is 8. The standard InChI is InChI=1S/C17H19ClN2O3S2/c1-3-23-15(21)8-13-10-24-17(20-13)25-11(2)16(22)19-9-12-6-4-5-7-14(12)18/h4-7,10-11H,3,8-9H2,1-2H3,(H,19,22)/t11-/m1/s1. The molecule has 1 atom stereocenters. The molecule has 1 aromatic heterocycles. The van der Waals surface area contributed by atoms with Crippen LogP contribution >= 0.6 is 34.7 Å². The van der Waals surface area contributed by atoms with Crippen molar-refractivity contribution in [2.75, 3.05) is 6.61 Å². The van der Waals surface area contributed by atoms with Gasteiger partial charge in [0.2, 0.25) is 5.91 Å². The number of hydrogen-bond donors (Lipinski definition) is 1. The van der Waals surface area contributed by atoms with E-state index in [0.717, 1.165) is 9.90 Å². The summed E-state index contributed by atoms with van der Waals surface area (Å²) in [6.07, 6.45) is 0.151. The Morgan fingerprint density at radius 2 is 2.16 bits per heavy atom. The van der Waals surface area contributed by atoms with Crippen molar-refractivity contribution in [3.05, 3.63) is 45.9 Å². The molecule has 2 rings (SSSR count). The van der Waals surface area contributed by atoms with Gasteiger partial charge in [-0.25, -0.2) is 4.98 Å². The van der Waals surface area contributed by atoms with E-state index in [1.165, 1.54) is 23.1 Å². The number of amides is 1. The van der Waals surface area contributed by atoms with Gasteiger partial charge in [-0.3, -0.25) is 9.59 Å². The molecule has 2 aromatic rings. The number of hydrogen-bond acceptors (Lipinski definition) is 6. The molecule has 134 valence electrons. The normalized spacial score (nSPS) is 11.8. The molecule has 1 N–H and O–H groups in total. The van der Waals surface area contributed by atoms with Crippen LogP contribution in [-0.4, -0.2) is 28.7 Å². The lowest BCUT2D eigenvalue weighted by atomic mass is 10.2. The van der Waals surface area contributed by atoms with E-state index >= 15 is 0 Å². The minimum Gasteiger partial charge on any atom is -0.466 e. The van der Waals surface area contributed by atoms with Crippen LogP contribution in [0.1, 0.15) is 25.1 Å². The summed E-state index contributed by atoms with van der Waals surface area (Å²) in [5, 5.41) is 5.02. The monoisotopic (exact) mass is 398 g/mol. The van der Waals surface area contributed by atoms with E-state index < -0.39 is 0 Å². The summed E-state index contributed by atoms with van der Waals surface area (Å²) in [5.41, 5.74) is 1.54. The third kappa shape index (κ3) is 6.34. The zero-order valence-corrected chi connectivity index (χ0v) is 16.3. The third-order valence-corrected chi connectivity index (χ3v) is 5.71. The Balaban J connectivity index is 1.83. The van der Waals surface area contributed by atoms with Crippen LogP contribution in [-0.2, 0) is 27.3 Å². The van der Waals surface area contributed by atoms with Crippen molar-refractivity contribution in [3.8, 4) is 0 Å². The van der Waals surface area contributed by atoms with Crippen molar-refractivity contribution in [2.45, 2.75) is 36.4 Å². The van der Waals surface area contributed by atoms with Crippen molar-refractivity contribution >= 4 is 46.6 Å². The Labute approximate surface area is 160 Å². The molecule has 1 amide bonds. The number of thioether (sulfide) groups is 1. The molecule has 0 aliphatic rings. The summed E-state index contributed by atoms with van der Waals surface area (Å²) in [4.78, 5) is 28.1. The maximum absolute atomic E-state index is 12.2. The van der Waals surface area contributed by atoms with Gasteiger partial charge >= 0.3 is 5.97 Å². The number of halogens is 1. The van der Waals surface area contributed by atoms with Gasteiger partial charge in [-0.15, -0.1) is 11.3 Å². The molecule has 0 unspecified atom stereocenters. The number of ether oxygens (including phenoxy) is 1. The molecule has 0 saturated heterocycles. The van der Waals surface area contributed by atoms with Gasteiger partial charge in [0.05, 0.1) is 24.0 Å². The molecule has 0 aliphatic heterocycles. The van der Waals surface area contributed by atoms with E-state index in [2.05, 4.69) is 10.3 Å². The predicted molar refractivity (Wildman–Crippen MR) is 101 cm³/mol. The quantitative estimate of drug-likeness (QED) is 0.542. The highest BCUT2D eigenvalue weighted by Crippen LogP contribution is 2.27. The second kappa shape index (κ2) is 9.79. The van der Waals surface area contributed by atoms with Crippen molar-refractivity contribution in [1.82, 2.24) is 10.3 Å². The van der Waals surface area contributed by atoms with Crippen molar-refractivity contribution in [2.24, 2.45) is 0 Å². The van der Waals surface area contributed by atoms with Gasteiger partial charge in [0.1, 0.15) is 0 Å². The summed E-state index contributed by atoms with van der Waals surface area (Å²) in [6.45, 7) is 4.32. The highest BCUT2D eigenvalue weighted by molar-refractivity contribution is 8.02. The number of carbonyl (C=O) groups excluding carboxylic acids is 2. The molecule has 1 aromatic carbocycles. The molecule has 0 radical (unpaired) electrons. The van der Waals surface area contributed by atoms with Crippen LogP contribution < -0.4 is 5.32 Å².